The Kier molecular flexibility index (Phi) is 4.39. The fourth-order valence-electron chi connectivity index (χ4n) is 3.49. The van der Waals surface area contributed by atoms with Crippen LogP contribution in [0.1, 0.15) is 23.8 Å². The molecule has 2 fully saturated rings. The zero-order valence-corrected chi connectivity index (χ0v) is 16.0. The number of thioether (sulfide) groups is 1. The molecule has 1 N–H and O–H groups in total. The van der Waals surface area contributed by atoms with Crippen LogP contribution < -0.4 is 19.7 Å². The standard InChI is InChI=1S/C21H20N2O4S/c24-19-12-28-21(14-2-1-3-15(10-14)22-20(25)13-4-5-13)23(19)16-6-7-17-18(11-16)27-9-8-26-17/h1-3,6-7,10-11,13,21H,4-5,8-9,12H2,(H,22,25)/t21-/m0/s1. The number of amides is 2. The molecule has 2 aromatic carbocycles. The average Bonchev–Trinajstić information content (AvgIpc) is 3.50. The molecule has 5 rings (SSSR count). The lowest BCUT2D eigenvalue weighted by Crippen LogP contribution is -2.28. The molecule has 1 saturated carbocycles. The molecule has 1 aliphatic carbocycles. The number of nitrogens with one attached hydrogen (secondary N) is 1. The van der Waals surface area contributed by atoms with Gasteiger partial charge in [0.1, 0.15) is 18.6 Å². The van der Waals surface area contributed by atoms with Crippen LogP contribution >= 0.6 is 11.8 Å². The molecule has 144 valence electrons. The van der Waals surface area contributed by atoms with Gasteiger partial charge in [-0.15, -0.1) is 11.8 Å². The smallest absolute Gasteiger partial charge is 0.238 e. The summed E-state index contributed by atoms with van der Waals surface area (Å²) in [6, 6.07) is 13.4. The highest BCUT2D eigenvalue weighted by Gasteiger charge is 2.35. The van der Waals surface area contributed by atoms with Crippen LogP contribution in [0.15, 0.2) is 42.5 Å². The van der Waals surface area contributed by atoms with Gasteiger partial charge in [0.05, 0.1) is 5.75 Å². The van der Waals surface area contributed by atoms with Crippen LogP contribution in [-0.4, -0.2) is 30.8 Å². The van der Waals surface area contributed by atoms with Gasteiger partial charge < -0.3 is 14.8 Å². The summed E-state index contributed by atoms with van der Waals surface area (Å²) in [6.45, 7) is 1.04. The maximum Gasteiger partial charge on any atom is 0.238 e. The van der Waals surface area contributed by atoms with E-state index in [2.05, 4.69) is 5.32 Å². The first-order chi connectivity index (χ1) is 13.7. The molecule has 0 spiro atoms. The minimum Gasteiger partial charge on any atom is -0.486 e. The normalized spacial score (nSPS) is 20.9. The Balaban J connectivity index is 1.43. The minimum atomic E-state index is -0.146. The molecule has 2 aliphatic heterocycles. The fourth-order valence-corrected chi connectivity index (χ4v) is 4.66. The predicted molar refractivity (Wildman–Crippen MR) is 108 cm³/mol. The first kappa shape index (κ1) is 17.4. The number of fused-ring (bicyclic) bond motifs is 1. The molecule has 2 aromatic rings. The highest BCUT2D eigenvalue weighted by atomic mass is 32.2. The van der Waals surface area contributed by atoms with Crippen LogP contribution in [0.3, 0.4) is 0 Å². The van der Waals surface area contributed by atoms with Gasteiger partial charge in [-0.2, -0.15) is 0 Å². The van der Waals surface area contributed by atoms with Gasteiger partial charge in [-0.1, -0.05) is 12.1 Å². The van der Waals surface area contributed by atoms with Crippen molar-refractivity contribution in [2.45, 2.75) is 18.2 Å². The number of hydrogen-bond acceptors (Lipinski definition) is 5. The SMILES string of the molecule is O=C(Nc1cccc([C@@H]2SCC(=O)N2c2ccc3c(c2)OCCO3)c1)C1CC1. The molecule has 0 unspecified atom stereocenters. The molecule has 7 heteroatoms. The molecule has 2 amide bonds. The van der Waals surface area contributed by atoms with Gasteiger partial charge in [-0.3, -0.25) is 14.5 Å². The highest BCUT2D eigenvalue weighted by molar-refractivity contribution is 8.00. The Labute approximate surface area is 167 Å². The second-order valence-corrected chi connectivity index (χ2v) is 8.21. The number of ether oxygens (including phenoxy) is 2. The van der Waals surface area contributed by atoms with Crippen molar-refractivity contribution in [3.63, 3.8) is 0 Å². The molecule has 28 heavy (non-hydrogen) atoms. The van der Waals surface area contributed by atoms with E-state index in [1.165, 1.54) is 0 Å². The van der Waals surface area contributed by atoms with Crippen molar-refractivity contribution >= 4 is 35.0 Å². The number of hydrogen-bond donors (Lipinski definition) is 1. The maximum absolute atomic E-state index is 12.7. The molecule has 1 saturated heterocycles. The first-order valence-electron chi connectivity index (χ1n) is 9.43. The van der Waals surface area contributed by atoms with Gasteiger partial charge in [-0.25, -0.2) is 0 Å². The van der Waals surface area contributed by atoms with Crippen molar-refractivity contribution in [1.82, 2.24) is 0 Å². The van der Waals surface area contributed by atoms with Crippen molar-refractivity contribution in [1.29, 1.82) is 0 Å². The van der Waals surface area contributed by atoms with Crippen molar-refractivity contribution in [2.24, 2.45) is 5.92 Å². The van der Waals surface area contributed by atoms with E-state index < -0.39 is 0 Å². The number of carbonyl (C=O) groups is 2. The van der Waals surface area contributed by atoms with Crippen molar-refractivity contribution in [3.05, 3.63) is 48.0 Å². The molecule has 0 radical (unpaired) electrons. The Morgan fingerprint density at radius 1 is 1.07 bits per heavy atom. The number of benzene rings is 2. The lowest BCUT2D eigenvalue weighted by atomic mass is 10.1. The molecule has 3 aliphatic rings. The summed E-state index contributed by atoms with van der Waals surface area (Å²) in [7, 11) is 0. The van der Waals surface area contributed by atoms with E-state index in [-0.39, 0.29) is 23.1 Å². The lowest BCUT2D eigenvalue weighted by molar-refractivity contribution is -0.117. The van der Waals surface area contributed by atoms with Gasteiger partial charge in [0.2, 0.25) is 11.8 Å². The van der Waals surface area contributed by atoms with E-state index in [4.69, 9.17) is 9.47 Å². The van der Waals surface area contributed by atoms with Gasteiger partial charge in [0.15, 0.2) is 11.5 Å². The van der Waals surface area contributed by atoms with Gasteiger partial charge in [0.25, 0.3) is 0 Å². The quantitative estimate of drug-likeness (QED) is 0.856. The molecule has 2 heterocycles. The molecular weight excluding hydrogens is 376 g/mol. The van der Waals surface area contributed by atoms with Crippen LogP contribution in [0.2, 0.25) is 0 Å². The van der Waals surface area contributed by atoms with Crippen molar-refractivity contribution in [3.8, 4) is 11.5 Å². The fraction of sp³-hybridized carbons (Fsp3) is 0.333. The zero-order valence-electron chi connectivity index (χ0n) is 15.2. The summed E-state index contributed by atoms with van der Waals surface area (Å²) in [5, 5.41) is 2.84. The Bertz CT molecular complexity index is 944. The van der Waals surface area contributed by atoms with E-state index in [0.29, 0.717) is 30.5 Å². The third-order valence-corrected chi connectivity index (χ3v) is 6.27. The largest absolute Gasteiger partial charge is 0.486 e. The summed E-state index contributed by atoms with van der Waals surface area (Å²) in [4.78, 5) is 26.5. The third kappa shape index (κ3) is 3.30. The third-order valence-electron chi connectivity index (χ3n) is 5.06. The first-order valence-corrected chi connectivity index (χ1v) is 10.5. The second-order valence-electron chi connectivity index (χ2n) is 7.14. The van der Waals surface area contributed by atoms with E-state index in [1.807, 2.05) is 42.5 Å². The summed E-state index contributed by atoms with van der Waals surface area (Å²) in [5.74, 6) is 2.07. The van der Waals surface area contributed by atoms with Gasteiger partial charge >= 0.3 is 0 Å². The van der Waals surface area contributed by atoms with Crippen LogP contribution in [0.4, 0.5) is 11.4 Å². The van der Waals surface area contributed by atoms with E-state index >= 15 is 0 Å². The molecule has 1 atom stereocenters. The number of nitrogens with zero attached hydrogens (tertiary/aromatic N) is 1. The minimum absolute atomic E-state index is 0.0547. The van der Waals surface area contributed by atoms with E-state index in [0.717, 1.165) is 29.8 Å². The van der Waals surface area contributed by atoms with E-state index in [1.54, 1.807) is 16.7 Å². The molecule has 0 aromatic heterocycles. The van der Waals surface area contributed by atoms with Crippen LogP contribution in [0.5, 0.6) is 11.5 Å². The Hall–Kier alpha value is -2.67. The Morgan fingerprint density at radius 2 is 1.89 bits per heavy atom. The summed E-state index contributed by atoms with van der Waals surface area (Å²) in [6.07, 6.45) is 1.94. The molecule has 6 nitrogen and oxygen atoms in total. The monoisotopic (exact) mass is 396 g/mol. The van der Waals surface area contributed by atoms with E-state index in [9.17, 15) is 9.59 Å². The van der Waals surface area contributed by atoms with Crippen LogP contribution in [0.25, 0.3) is 0 Å². The zero-order chi connectivity index (χ0) is 19.1. The molecule has 0 bridgehead atoms. The predicted octanol–water partition coefficient (Wildman–Crippen LogP) is 3.58. The van der Waals surface area contributed by atoms with Crippen LogP contribution in [0, 0.1) is 5.92 Å². The number of carbonyl (C=O) groups excluding carboxylic acids is 2. The van der Waals surface area contributed by atoms with Gasteiger partial charge in [0, 0.05) is 23.4 Å². The summed E-state index contributed by atoms with van der Waals surface area (Å²) < 4.78 is 11.3. The van der Waals surface area contributed by atoms with Crippen molar-refractivity contribution < 1.29 is 19.1 Å². The topological polar surface area (TPSA) is 67.9 Å². The average molecular weight is 396 g/mol. The van der Waals surface area contributed by atoms with Crippen LogP contribution in [-0.2, 0) is 9.59 Å². The number of anilines is 2. The van der Waals surface area contributed by atoms with Crippen molar-refractivity contribution in [2.75, 3.05) is 29.2 Å². The Morgan fingerprint density at radius 3 is 2.71 bits per heavy atom. The molecular formula is C21H20N2O4S. The lowest BCUT2D eigenvalue weighted by Gasteiger charge is -2.26. The summed E-state index contributed by atoms with van der Waals surface area (Å²) in [5.41, 5.74) is 2.55. The van der Waals surface area contributed by atoms with Gasteiger partial charge in [-0.05, 0) is 42.7 Å². The summed E-state index contributed by atoms with van der Waals surface area (Å²) >= 11 is 1.58. The maximum atomic E-state index is 12.7. The second kappa shape index (κ2) is 7.05. The number of rotatable bonds is 4. The highest BCUT2D eigenvalue weighted by Crippen LogP contribution is 2.44.